The summed E-state index contributed by atoms with van der Waals surface area (Å²) in [7, 11) is 0. The van der Waals surface area contributed by atoms with E-state index in [1.165, 1.54) is 0 Å². The van der Waals surface area contributed by atoms with E-state index in [0.717, 1.165) is 18.5 Å². The Hall–Kier alpha value is -2.49. The monoisotopic (exact) mass is 305 g/mol. The number of amides is 1. The third-order valence-corrected chi connectivity index (χ3v) is 4.80. The number of fused-ring (bicyclic) bond motifs is 2. The first-order valence-corrected chi connectivity index (χ1v) is 8.09. The number of pyridine rings is 2. The fourth-order valence-corrected chi connectivity index (χ4v) is 3.71. The Kier molecular flexibility index (Phi) is 3.45. The summed E-state index contributed by atoms with van der Waals surface area (Å²) in [5.41, 5.74) is 0.893. The lowest BCUT2D eigenvalue weighted by atomic mass is 9.92. The molecule has 2 aromatic heterocycles. The van der Waals surface area contributed by atoms with Crippen molar-refractivity contribution in [2.45, 2.75) is 19.8 Å². The van der Waals surface area contributed by atoms with Crippen LogP contribution in [0.5, 0.6) is 0 Å². The number of hydrogen-bond acceptors (Lipinski definition) is 3. The lowest BCUT2D eigenvalue weighted by molar-refractivity contribution is -0.122. The summed E-state index contributed by atoms with van der Waals surface area (Å²) >= 11 is 0. The molecule has 1 saturated carbocycles. The topological polar surface area (TPSA) is 46.1 Å². The fourth-order valence-electron chi connectivity index (χ4n) is 3.71. The molecule has 2 heterocycles. The maximum absolute atomic E-state index is 13.3. The Morgan fingerprint density at radius 2 is 1.96 bits per heavy atom. The van der Waals surface area contributed by atoms with Crippen molar-refractivity contribution in [1.29, 1.82) is 0 Å². The molecule has 1 fully saturated rings. The molecule has 2 aliphatic carbocycles. The summed E-state index contributed by atoms with van der Waals surface area (Å²) in [4.78, 5) is 23.9. The van der Waals surface area contributed by atoms with Gasteiger partial charge >= 0.3 is 0 Å². The first kappa shape index (κ1) is 14.1. The highest BCUT2D eigenvalue weighted by Gasteiger charge is 2.42. The molecule has 116 valence electrons. The van der Waals surface area contributed by atoms with Gasteiger partial charge in [-0.3, -0.25) is 4.79 Å². The largest absolute Gasteiger partial charge is 0.274 e. The molecule has 23 heavy (non-hydrogen) atoms. The Bertz CT molecular complexity index is 756. The molecule has 1 amide bonds. The quantitative estimate of drug-likeness (QED) is 0.813. The van der Waals surface area contributed by atoms with Gasteiger partial charge in [-0.1, -0.05) is 24.3 Å². The summed E-state index contributed by atoms with van der Waals surface area (Å²) in [5, 5.41) is 0. The molecule has 0 saturated heterocycles. The summed E-state index contributed by atoms with van der Waals surface area (Å²) in [6, 6.07) is 11.4. The molecular formula is C19H19N3O. The van der Waals surface area contributed by atoms with Crippen molar-refractivity contribution in [3.63, 3.8) is 0 Å². The fraction of sp³-hybridized carbons (Fsp3) is 0.316. The number of nitrogens with zero attached hydrogens (tertiary/aromatic N) is 3. The highest BCUT2D eigenvalue weighted by Crippen LogP contribution is 2.45. The maximum atomic E-state index is 13.3. The minimum atomic E-state index is 0.0364. The standard InChI is InChI=1S/C19H19N3O/c1-13-5-4-7-18(21-13)22(17-6-2-3-10-20-17)19(23)16-12-14-8-9-15(16)11-14/h2-10,14-16H,11-12H2,1H3/t14-,15+,16-/m0/s1. The van der Waals surface area contributed by atoms with Gasteiger partial charge in [0.05, 0.1) is 0 Å². The van der Waals surface area contributed by atoms with E-state index in [9.17, 15) is 4.79 Å². The van der Waals surface area contributed by atoms with E-state index in [-0.39, 0.29) is 11.8 Å². The van der Waals surface area contributed by atoms with Gasteiger partial charge < -0.3 is 0 Å². The van der Waals surface area contributed by atoms with Crippen molar-refractivity contribution < 1.29 is 4.79 Å². The van der Waals surface area contributed by atoms with Gasteiger partial charge in [0.2, 0.25) is 5.91 Å². The number of allylic oxidation sites excluding steroid dienone is 2. The molecule has 2 aromatic rings. The molecule has 0 N–H and O–H groups in total. The number of rotatable bonds is 3. The summed E-state index contributed by atoms with van der Waals surface area (Å²) < 4.78 is 0. The van der Waals surface area contributed by atoms with E-state index in [0.29, 0.717) is 23.5 Å². The van der Waals surface area contributed by atoms with Crippen LogP contribution in [-0.4, -0.2) is 15.9 Å². The van der Waals surface area contributed by atoms with E-state index in [4.69, 9.17) is 0 Å². The minimum Gasteiger partial charge on any atom is -0.274 e. The van der Waals surface area contributed by atoms with Gasteiger partial charge in [-0.05, 0) is 55.9 Å². The molecule has 0 aromatic carbocycles. The highest BCUT2D eigenvalue weighted by molar-refractivity contribution is 6.00. The van der Waals surface area contributed by atoms with Crippen LogP contribution in [0, 0.1) is 24.7 Å². The molecule has 0 unspecified atom stereocenters. The first-order valence-electron chi connectivity index (χ1n) is 8.09. The smallest absolute Gasteiger partial charge is 0.237 e. The second kappa shape index (κ2) is 5.61. The maximum Gasteiger partial charge on any atom is 0.237 e. The molecule has 0 spiro atoms. The SMILES string of the molecule is Cc1cccc(N(C(=O)[C@H]2C[C@H]3C=C[C@@H]2C3)c2ccccn2)n1. The second-order valence-corrected chi connectivity index (χ2v) is 6.39. The molecular weight excluding hydrogens is 286 g/mol. The lowest BCUT2D eigenvalue weighted by Crippen LogP contribution is -2.35. The van der Waals surface area contributed by atoms with Gasteiger partial charge in [-0.2, -0.15) is 0 Å². The number of aromatic nitrogens is 2. The summed E-state index contributed by atoms with van der Waals surface area (Å²) in [5.74, 6) is 2.37. The van der Waals surface area contributed by atoms with Crippen LogP contribution in [0.25, 0.3) is 0 Å². The number of anilines is 2. The average molecular weight is 305 g/mol. The van der Waals surface area contributed by atoms with E-state index in [1.54, 1.807) is 11.1 Å². The van der Waals surface area contributed by atoms with Crippen molar-refractivity contribution in [1.82, 2.24) is 9.97 Å². The molecule has 3 atom stereocenters. The minimum absolute atomic E-state index is 0.0364. The molecule has 4 rings (SSSR count). The van der Waals surface area contributed by atoms with E-state index in [2.05, 4.69) is 22.1 Å². The first-order chi connectivity index (χ1) is 11.2. The van der Waals surface area contributed by atoms with Crippen LogP contribution < -0.4 is 4.90 Å². The molecule has 4 heteroatoms. The Morgan fingerprint density at radius 3 is 2.61 bits per heavy atom. The Labute approximate surface area is 135 Å². The summed E-state index contributed by atoms with van der Waals surface area (Å²) in [6.45, 7) is 1.94. The van der Waals surface area contributed by atoms with Gasteiger partial charge in [-0.15, -0.1) is 0 Å². The van der Waals surface area contributed by atoms with Crippen molar-refractivity contribution in [3.8, 4) is 0 Å². The van der Waals surface area contributed by atoms with Gasteiger partial charge in [0.1, 0.15) is 11.6 Å². The van der Waals surface area contributed by atoms with Crippen LogP contribution in [0.3, 0.4) is 0 Å². The van der Waals surface area contributed by atoms with Gasteiger partial charge in [0, 0.05) is 17.8 Å². The Morgan fingerprint density at radius 1 is 1.09 bits per heavy atom. The van der Waals surface area contributed by atoms with Crippen LogP contribution in [0.1, 0.15) is 18.5 Å². The zero-order valence-corrected chi connectivity index (χ0v) is 13.1. The summed E-state index contributed by atoms with van der Waals surface area (Å²) in [6.07, 6.45) is 8.22. The number of hydrogen-bond donors (Lipinski definition) is 0. The molecule has 2 bridgehead atoms. The normalized spacial score (nSPS) is 24.8. The average Bonchev–Trinajstić information content (AvgIpc) is 3.19. The molecule has 4 nitrogen and oxygen atoms in total. The van der Waals surface area contributed by atoms with Gasteiger partial charge in [-0.25, -0.2) is 14.9 Å². The van der Waals surface area contributed by atoms with Gasteiger partial charge in [0.25, 0.3) is 0 Å². The second-order valence-electron chi connectivity index (χ2n) is 6.39. The van der Waals surface area contributed by atoms with Crippen molar-refractivity contribution in [3.05, 3.63) is 60.4 Å². The molecule has 0 aliphatic heterocycles. The van der Waals surface area contributed by atoms with Crippen LogP contribution in [0.4, 0.5) is 11.6 Å². The lowest BCUT2D eigenvalue weighted by Gasteiger charge is -2.27. The third-order valence-electron chi connectivity index (χ3n) is 4.80. The van der Waals surface area contributed by atoms with Crippen molar-refractivity contribution >= 4 is 17.5 Å². The highest BCUT2D eigenvalue weighted by atomic mass is 16.2. The van der Waals surface area contributed by atoms with E-state index in [1.807, 2.05) is 43.3 Å². The number of aryl methyl sites for hydroxylation is 1. The van der Waals surface area contributed by atoms with Crippen LogP contribution in [0.2, 0.25) is 0 Å². The molecule has 2 aliphatic rings. The van der Waals surface area contributed by atoms with Gasteiger partial charge in [0.15, 0.2) is 0 Å². The van der Waals surface area contributed by atoms with Crippen molar-refractivity contribution in [2.24, 2.45) is 17.8 Å². The van der Waals surface area contributed by atoms with E-state index >= 15 is 0 Å². The predicted octanol–water partition coefficient (Wildman–Crippen LogP) is 3.66. The molecule has 0 radical (unpaired) electrons. The van der Waals surface area contributed by atoms with Crippen molar-refractivity contribution in [2.75, 3.05) is 4.90 Å². The van der Waals surface area contributed by atoms with Crippen LogP contribution in [0.15, 0.2) is 54.7 Å². The third kappa shape index (κ3) is 2.54. The Balaban J connectivity index is 1.73. The van der Waals surface area contributed by atoms with Crippen LogP contribution in [-0.2, 0) is 4.79 Å². The number of carbonyl (C=O) groups is 1. The van der Waals surface area contributed by atoms with E-state index < -0.39 is 0 Å². The number of carbonyl (C=O) groups excluding carboxylic acids is 1. The van der Waals surface area contributed by atoms with Crippen LogP contribution >= 0.6 is 0 Å². The predicted molar refractivity (Wildman–Crippen MR) is 89.2 cm³/mol. The zero-order valence-electron chi connectivity index (χ0n) is 13.1. The zero-order chi connectivity index (χ0) is 15.8.